The molecule has 1 saturated heterocycles. The van der Waals surface area contributed by atoms with Crippen molar-refractivity contribution in [2.45, 2.75) is 19.8 Å². The zero-order valence-corrected chi connectivity index (χ0v) is 23.9. The summed E-state index contributed by atoms with van der Waals surface area (Å²) in [7, 11) is 5.00. The van der Waals surface area contributed by atoms with Crippen molar-refractivity contribution in [3.8, 4) is 17.2 Å². The maximum absolute atomic E-state index is 14.3. The van der Waals surface area contributed by atoms with Crippen molar-refractivity contribution in [2.75, 3.05) is 52.3 Å². The molecule has 210 valence electrons. The van der Waals surface area contributed by atoms with Crippen LogP contribution in [-0.4, -0.2) is 78.8 Å². The van der Waals surface area contributed by atoms with Crippen LogP contribution in [0.15, 0.2) is 53.0 Å². The molecule has 3 aromatic rings. The molecule has 0 spiro atoms. The van der Waals surface area contributed by atoms with Crippen LogP contribution < -0.4 is 19.9 Å². The number of benzene rings is 2. The number of imide groups is 1. The average Bonchev–Trinajstić information content (AvgIpc) is 3.41. The fraction of sp³-hybridized carbons (Fsp3) is 0.345. The van der Waals surface area contributed by atoms with Crippen LogP contribution in [0.1, 0.15) is 31.0 Å². The second kappa shape index (κ2) is 10.9. The Balaban J connectivity index is 1.73. The standard InChI is InChI=1S/C29H32ClN5O5/c1-17(2)25-23(28(37)35(31-25)19-8-6-18(30)7-9-19)24-26(33-14-12-32(3)13-15-33)29(38)34(27(24)36)21-11-10-20(39-4)16-22(21)40-5/h6-11,16-17,31H,12-15H2,1-5H3. The lowest BCUT2D eigenvalue weighted by atomic mass is 9.98. The van der Waals surface area contributed by atoms with Gasteiger partial charge in [-0.05, 0) is 49.4 Å². The van der Waals surface area contributed by atoms with Gasteiger partial charge in [0.05, 0.1) is 36.7 Å². The van der Waals surface area contributed by atoms with Crippen LogP contribution in [0.3, 0.4) is 0 Å². The van der Waals surface area contributed by atoms with Crippen LogP contribution in [0.4, 0.5) is 5.69 Å². The molecule has 0 atom stereocenters. The minimum atomic E-state index is -0.580. The summed E-state index contributed by atoms with van der Waals surface area (Å²) >= 11 is 6.08. The number of H-pyrrole nitrogens is 1. The quantitative estimate of drug-likeness (QED) is 0.438. The number of carbonyl (C=O) groups excluding carboxylic acids is 2. The molecule has 0 unspecified atom stereocenters. The number of nitrogens with zero attached hydrogens (tertiary/aromatic N) is 4. The number of nitrogens with one attached hydrogen (secondary N) is 1. The number of amides is 2. The van der Waals surface area contributed by atoms with Crippen LogP contribution in [0.2, 0.25) is 5.02 Å². The van der Waals surface area contributed by atoms with Gasteiger partial charge in [-0.25, -0.2) is 9.58 Å². The molecule has 40 heavy (non-hydrogen) atoms. The van der Waals surface area contributed by atoms with Gasteiger partial charge in [0.2, 0.25) is 0 Å². The number of halogens is 1. The fourth-order valence-corrected chi connectivity index (χ4v) is 5.27. The number of aromatic amines is 1. The van der Waals surface area contributed by atoms with Crippen molar-refractivity contribution in [2.24, 2.45) is 0 Å². The summed E-state index contributed by atoms with van der Waals surface area (Å²) in [5.74, 6) is -0.405. The predicted molar refractivity (Wildman–Crippen MR) is 154 cm³/mol. The number of rotatable bonds is 7. The van der Waals surface area contributed by atoms with E-state index in [0.717, 1.165) is 4.90 Å². The summed E-state index contributed by atoms with van der Waals surface area (Å²) < 4.78 is 12.2. The molecule has 0 saturated carbocycles. The third-order valence-electron chi connectivity index (χ3n) is 7.34. The summed E-state index contributed by atoms with van der Waals surface area (Å²) in [5.41, 5.74) is 1.48. The lowest BCUT2D eigenvalue weighted by Gasteiger charge is -2.34. The number of carbonyl (C=O) groups is 2. The minimum absolute atomic E-state index is 0.0880. The van der Waals surface area contributed by atoms with Crippen molar-refractivity contribution in [3.63, 3.8) is 0 Å². The highest BCUT2D eigenvalue weighted by Gasteiger charge is 2.46. The average molecular weight is 566 g/mol. The normalized spacial score (nSPS) is 16.5. The van der Waals surface area contributed by atoms with Gasteiger partial charge in [-0.3, -0.25) is 19.5 Å². The van der Waals surface area contributed by atoms with E-state index in [-0.39, 0.29) is 28.4 Å². The maximum Gasteiger partial charge on any atom is 0.282 e. The summed E-state index contributed by atoms with van der Waals surface area (Å²) in [6.07, 6.45) is 0. The summed E-state index contributed by atoms with van der Waals surface area (Å²) in [6.45, 7) is 6.36. The second-order valence-electron chi connectivity index (χ2n) is 10.2. The molecule has 0 aliphatic carbocycles. The SMILES string of the molecule is COc1ccc(N2C(=O)C(c3c(C(C)C)[nH]n(-c4ccc(Cl)cc4)c3=O)=C(N3CCN(C)CC3)C2=O)c(OC)c1. The molecular formula is C29H32ClN5O5. The minimum Gasteiger partial charge on any atom is -0.497 e. The van der Waals surface area contributed by atoms with E-state index in [1.165, 1.54) is 18.9 Å². The molecule has 0 radical (unpaired) electrons. The van der Waals surface area contributed by atoms with Gasteiger partial charge in [0, 0.05) is 43.0 Å². The number of ether oxygens (including phenoxy) is 2. The zero-order valence-electron chi connectivity index (χ0n) is 23.2. The smallest absolute Gasteiger partial charge is 0.282 e. The van der Waals surface area contributed by atoms with Gasteiger partial charge in [-0.15, -0.1) is 0 Å². The van der Waals surface area contributed by atoms with Gasteiger partial charge in [-0.2, -0.15) is 0 Å². The molecule has 10 nitrogen and oxygen atoms in total. The van der Waals surface area contributed by atoms with E-state index in [0.29, 0.717) is 54.1 Å². The van der Waals surface area contributed by atoms with Crippen LogP contribution >= 0.6 is 11.6 Å². The Hall–Kier alpha value is -4.02. The Labute approximate surface area is 237 Å². The van der Waals surface area contributed by atoms with Crippen molar-refractivity contribution < 1.29 is 19.1 Å². The highest BCUT2D eigenvalue weighted by Crippen LogP contribution is 2.41. The molecule has 3 heterocycles. The first kappa shape index (κ1) is 27.5. The molecule has 2 aliphatic heterocycles. The molecule has 0 bridgehead atoms. The number of anilines is 1. The van der Waals surface area contributed by atoms with E-state index in [9.17, 15) is 14.4 Å². The first-order chi connectivity index (χ1) is 19.2. The first-order valence-electron chi connectivity index (χ1n) is 13.1. The zero-order chi connectivity index (χ0) is 28.7. The number of methoxy groups -OCH3 is 2. The number of hydrogen-bond acceptors (Lipinski definition) is 7. The van der Waals surface area contributed by atoms with E-state index in [1.54, 1.807) is 42.5 Å². The summed E-state index contributed by atoms with van der Waals surface area (Å²) in [4.78, 5) is 47.7. The fourth-order valence-electron chi connectivity index (χ4n) is 5.14. The summed E-state index contributed by atoms with van der Waals surface area (Å²) in [6, 6.07) is 11.7. The molecule has 11 heteroatoms. The van der Waals surface area contributed by atoms with Gasteiger partial charge in [0.15, 0.2) is 0 Å². The van der Waals surface area contributed by atoms with Crippen LogP contribution in [0, 0.1) is 0 Å². The Kier molecular flexibility index (Phi) is 7.48. The summed E-state index contributed by atoms with van der Waals surface area (Å²) in [5, 5.41) is 3.73. The van der Waals surface area contributed by atoms with E-state index in [4.69, 9.17) is 21.1 Å². The Morgan fingerprint density at radius 1 is 0.900 bits per heavy atom. The second-order valence-corrected chi connectivity index (χ2v) is 10.6. The van der Waals surface area contributed by atoms with Gasteiger partial charge in [-0.1, -0.05) is 25.4 Å². The lowest BCUT2D eigenvalue weighted by molar-refractivity contribution is -0.120. The molecular weight excluding hydrogens is 534 g/mol. The first-order valence-corrected chi connectivity index (χ1v) is 13.4. The van der Waals surface area contributed by atoms with E-state index < -0.39 is 17.4 Å². The van der Waals surface area contributed by atoms with Crippen molar-refractivity contribution in [1.29, 1.82) is 0 Å². The number of likely N-dealkylation sites (N-methyl/N-ethyl adjacent to an activating group) is 1. The highest BCUT2D eigenvalue weighted by atomic mass is 35.5. The highest BCUT2D eigenvalue weighted by molar-refractivity contribution is 6.45. The Morgan fingerprint density at radius 3 is 2.17 bits per heavy atom. The largest absolute Gasteiger partial charge is 0.497 e. The molecule has 1 N–H and O–H groups in total. The lowest BCUT2D eigenvalue weighted by Crippen LogP contribution is -2.46. The molecule has 2 aliphatic rings. The molecule has 1 aromatic heterocycles. The number of aromatic nitrogens is 2. The topological polar surface area (TPSA) is 100 Å². The molecule has 2 aromatic carbocycles. The third kappa shape index (κ3) is 4.67. The molecule has 2 amide bonds. The van der Waals surface area contributed by atoms with E-state index >= 15 is 0 Å². The monoisotopic (exact) mass is 565 g/mol. The Morgan fingerprint density at radius 2 is 1.57 bits per heavy atom. The number of piperazine rings is 1. The van der Waals surface area contributed by atoms with Gasteiger partial charge in [0.1, 0.15) is 17.2 Å². The number of hydrogen-bond donors (Lipinski definition) is 1. The van der Waals surface area contributed by atoms with Gasteiger partial charge >= 0.3 is 0 Å². The maximum atomic E-state index is 14.3. The third-order valence-corrected chi connectivity index (χ3v) is 7.59. The van der Waals surface area contributed by atoms with Crippen molar-refractivity contribution in [3.05, 3.63) is 74.8 Å². The van der Waals surface area contributed by atoms with Crippen LogP contribution in [0.5, 0.6) is 11.5 Å². The van der Waals surface area contributed by atoms with Crippen LogP contribution in [-0.2, 0) is 9.59 Å². The molecule has 1 fully saturated rings. The predicted octanol–water partition coefficient (Wildman–Crippen LogP) is 3.49. The Bertz CT molecular complexity index is 1550. The van der Waals surface area contributed by atoms with Gasteiger partial charge in [0.25, 0.3) is 17.4 Å². The van der Waals surface area contributed by atoms with E-state index in [2.05, 4.69) is 10.00 Å². The van der Waals surface area contributed by atoms with Crippen LogP contribution in [0.25, 0.3) is 11.3 Å². The van der Waals surface area contributed by atoms with E-state index in [1.807, 2.05) is 25.8 Å². The van der Waals surface area contributed by atoms with Crippen molar-refractivity contribution in [1.82, 2.24) is 19.6 Å². The van der Waals surface area contributed by atoms with Gasteiger partial charge < -0.3 is 19.3 Å². The molecule has 5 rings (SSSR count). The van der Waals surface area contributed by atoms with Crippen molar-refractivity contribution >= 4 is 34.7 Å².